The Morgan fingerprint density at radius 3 is 2.36 bits per heavy atom. The Bertz CT molecular complexity index is 700. The van der Waals surface area contributed by atoms with E-state index >= 15 is 0 Å². The Morgan fingerprint density at radius 2 is 1.64 bits per heavy atom. The van der Waals surface area contributed by atoms with E-state index in [1.54, 1.807) is 4.90 Å². The summed E-state index contributed by atoms with van der Waals surface area (Å²) in [6.07, 6.45) is 2.86. The van der Waals surface area contributed by atoms with E-state index in [1.807, 2.05) is 60.7 Å². The van der Waals surface area contributed by atoms with Gasteiger partial charge in [0.25, 0.3) is 0 Å². The zero-order valence-electron chi connectivity index (χ0n) is 14.3. The van der Waals surface area contributed by atoms with Crippen LogP contribution in [0.2, 0.25) is 0 Å². The first-order valence-electron chi connectivity index (χ1n) is 8.79. The van der Waals surface area contributed by atoms with Gasteiger partial charge in [-0.25, -0.2) is 4.79 Å². The second-order valence-corrected chi connectivity index (χ2v) is 6.38. The molecule has 0 saturated carbocycles. The zero-order chi connectivity index (χ0) is 17.5. The molecule has 0 spiro atoms. The SMILES string of the molecule is O=C(CC1CCCCN1C(=O)OCc1ccccc1)c1ccccc1. The standard InChI is InChI=1S/C21H23NO3/c23-20(18-11-5-2-6-12-18)15-19-13-7-8-14-22(19)21(24)25-16-17-9-3-1-4-10-17/h1-6,9-12,19H,7-8,13-16H2. The molecule has 1 saturated heterocycles. The number of ketones is 1. The van der Waals surface area contributed by atoms with E-state index in [9.17, 15) is 9.59 Å². The van der Waals surface area contributed by atoms with Crippen LogP contribution in [-0.4, -0.2) is 29.4 Å². The van der Waals surface area contributed by atoms with Gasteiger partial charge in [0, 0.05) is 24.6 Å². The van der Waals surface area contributed by atoms with Crippen LogP contribution < -0.4 is 0 Å². The van der Waals surface area contributed by atoms with Crippen molar-refractivity contribution in [2.45, 2.75) is 38.3 Å². The fourth-order valence-electron chi connectivity index (χ4n) is 3.21. The summed E-state index contributed by atoms with van der Waals surface area (Å²) in [7, 11) is 0. The van der Waals surface area contributed by atoms with E-state index < -0.39 is 0 Å². The quantitative estimate of drug-likeness (QED) is 0.757. The summed E-state index contributed by atoms with van der Waals surface area (Å²) in [5.74, 6) is 0.0772. The van der Waals surface area contributed by atoms with Gasteiger partial charge in [-0.2, -0.15) is 0 Å². The topological polar surface area (TPSA) is 46.6 Å². The van der Waals surface area contributed by atoms with Crippen LogP contribution in [0, 0.1) is 0 Å². The Labute approximate surface area is 148 Å². The van der Waals surface area contributed by atoms with Crippen LogP contribution in [0.5, 0.6) is 0 Å². The van der Waals surface area contributed by atoms with Gasteiger partial charge in [0.05, 0.1) is 0 Å². The van der Waals surface area contributed by atoms with Crippen LogP contribution >= 0.6 is 0 Å². The summed E-state index contributed by atoms with van der Waals surface area (Å²) in [5.41, 5.74) is 1.66. The lowest BCUT2D eigenvalue weighted by Crippen LogP contribution is -2.45. The van der Waals surface area contributed by atoms with Gasteiger partial charge in [0.15, 0.2) is 5.78 Å². The number of benzene rings is 2. The minimum absolute atomic E-state index is 0.0772. The highest BCUT2D eigenvalue weighted by atomic mass is 16.6. The predicted octanol–water partition coefficient (Wildman–Crippen LogP) is 4.45. The molecular formula is C21H23NO3. The zero-order valence-corrected chi connectivity index (χ0v) is 14.3. The molecule has 1 fully saturated rings. The molecule has 1 heterocycles. The molecule has 1 unspecified atom stereocenters. The molecule has 0 aliphatic carbocycles. The molecule has 1 atom stereocenters. The van der Waals surface area contributed by atoms with Crippen molar-refractivity contribution < 1.29 is 14.3 Å². The van der Waals surface area contributed by atoms with Crippen molar-refractivity contribution in [1.82, 2.24) is 4.90 Å². The highest BCUT2D eigenvalue weighted by Gasteiger charge is 2.29. The predicted molar refractivity (Wildman–Crippen MR) is 96.4 cm³/mol. The molecule has 1 aliphatic heterocycles. The van der Waals surface area contributed by atoms with Gasteiger partial charge in [-0.1, -0.05) is 60.7 Å². The van der Waals surface area contributed by atoms with E-state index in [1.165, 1.54) is 0 Å². The third-order valence-corrected chi connectivity index (χ3v) is 4.58. The first-order chi connectivity index (χ1) is 12.2. The molecule has 1 aliphatic rings. The summed E-state index contributed by atoms with van der Waals surface area (Å²) in [6, 6.07) is 18.8. The minimum Gasteiger partial charge on any atom is -0.445 e. The maximum absolute atomic E-state index is 12.5. The first-order valence-corrected chi connectivity index (χ1v) is 8.79. The molecule has 1 amide bonds. The molecule has 4 heteroatoms. The lowest BCUT2D eigenvalue weighted by molar-refractivity contribution is 0.0627. The molecule has 4 nitrogen and oxygen atoms in total. The van der Waals surface area contributed by atoms with Gasteiger partial charge in [-0.15, -0.1) is 0 Å². The summed E-state index contributed by atoms with van der Waals surface area (Å²) in [6.45, 7) is 0.913. The normalized spacial score (nSPS) is 17.1. The van der Waals surface area contributed by atoms with Gasteiger partial charge in [0.1, 0.15) is 6.61 Å². The fraction of sp³-hybridized carbons (Fsp3) is 0.333. The smallest absolute Gasteiger partial charge is 0.410 e. The Hall–Kier alpha value is -2.62. The molecule has 130 valence electrons. The number of hydrogen-bond acceptors (Lipinski definition) is 3. The van der Waals surface area contributed by atoms with Crippen LogP contribution in [0.4, 0.5) is 4.79 Å². The molecule has 25 heavy (non-hydrogen) atoms. The van der Waals surface area contributed by atoms with Crippen LogP contribution in [0.25, 0.3) is 0 Å². The van der Waals surface area contributed by atoms with E-state index in [0.29, 0.717) is 18.5 Å². The average molecular weight is 337 g/mol. The number of ether oxygens (including phenoxy) is 1. The molecule has 3 rings (SSSR count). The molecule has 2 aromatic rings. The van der Waals surface area contributed by atoms with Gasteiger partial charge < -0.3 is 9.64 Å². The number of carbonyl (C=O) groups is 2. The van der Waals surface area contributed by atoms with E-state index in [-0.39, 0.29) is 24.5 Å². The van der Waals surface area contributed by atoms with Crippen molar-refractivity contribution in [3.8, 4) is 0 Å². The number of amides is 1. The number of nitrogens with zero attached hydrogens (tertiary/aromatic N) is 1. The summed E-state index contributed by atoms with van der Waals surface area (Å²) >= 11 is 0. The molecule has 0 radical (unpaired) electrons. The third-order valence-electron chi connectivity index (χ3n) is 4.58. The van der Waals surface area contributed by atoms with Crippen LogP contribution in [0.15, 0.2) is 60.7 Å². The van der Waals surface area contributed by atoms with Gasteiger partial charge >= 0.3 is 6.09 Å². The van der Waals surface area contributed by atoms with Crippen molar-refractivity contribution >= 4 is 11.9 Å². The number of rotatable bonds is 5. The highest BCUT2D eigenvalue weighted by molar-refractivity contribution is 5.96. The lowest BCUT2D eigenvalue weighted by atomic mass is 9.95. The summed E-state index contributed by atoms with van der Waals surface area (Å²) < 4.78 is 5.46. The van der Waals surface area contributed by atoms with Crippen LogP contribution in [0.1, 0.15) is 41.6 Å². The van der Waals surface area contributed by atoms with Crippen LogP contribution in [-0.2, 0) is 11.3 Å². The largest absolute Gasteiger partial charge is 0.445 e. The number of Topliss-reactive ketones (excluding diaryl/α,β-unsaturated/α-hetero) is 1. The average Bonchev–Trinajstić information content (AvgIpc) is 2.68. The second-order valence-electron chi connectivity index (χ2n) is 6.38. The monoisotopic (exact) mass is 337 g/mol. The van der Waals surface area contributed by atoms with Gasteiger partial charge in [-0.05, 0) is 24.8 Å². The highest BCUT2D eigenvalue weighted by Crippen LogP contribution is 2.22. The van der Waals surface area contributed by atoms with E-state index in [4.69, 9.17) is 4.74 Å². The molecule has 2 aromatic carbocycles. The molecular weight excluding hydrogens is 314 g/mol. The Morgan fingerprint density at radius 1 is 0.960 bits per heavy atom. The third kappa shape index (κ3) is 4.69. The first kappa shape index (κ1) is 17.2. The molecule has 0 N–H and O–H groups in total. The summed E-state index contributed by atoms with van der Waals surface area (Å²) in [4.78, 5) is 26.7. The Kier molecular flexibility index (Phi) is 5.83. The lowest BCUT2D eigenvalue weighted by Gasteiger charge is -2.34. The fourth-order valence-corrected chi connectivity index (χ4v) is 3.21. The minimum atomic E-state index is -0.325. The van der Waals surface area contributed by atoms with Gasteiger partial charge in [-0.3, -0.25) is 4.79 Å². The number of carbonyl (C=O) groups excluding carboxylic acids is 2. The van der Waals surface area contributed by atoms with Crippen molar-refractivity contribution in [3.63, 3.8) is 0 Å². The van der Waals surface area contributed by atoms with E-state index in [2.05, 4.69) is 0 Å². The van der Waals surface area contributed by atoms with Crippen molar-refractivity contribution in [1.29, 1.82) is 0 Å². The number of likely N-dealkylation sites (tertiary alicyclic amines) is 1. The number of piperidine rings is 1. The Balaban J connectivity index is 1.60. The van der Waals surface area contributed by atoms with E-state index in [0.717, 1.165) is 24.8 Å². The van der Waals surface area contributed by atoms with Crippen molar-refractivity contribution in [2.75, 3.05) is 6.54 Å². The number of hydrogen-bond donors (Lipinski definition) is 0. The van der Waals surface area contributed by atoms with Crippen molar-refractivity contribution in [3.05, 3.63) is 71.8 Å². The molecule has 0 bridgehead atoms. The molecule has 0 aromatic heterocycles. The van der Waals surface area contributed by atoms with Crippen LogP contribution in [0.3, 0.4) is 0 Å². The van der Waals surface area contributed by atoms with Crippen molar-refractivity contribution in [2.24, 2.45) is 0 Å². The summed E-state index contributed by atoms with van der Waals surface area (Å²) in [5, 5.41) is 0. The second kappa shape index (κ2) is 8.47. The maximum Gasteiger partial charge on any atom is 0.410 e. The van der Waals surface area contributed by atoms with Gasteiger partial charge in [0.2, 0.25) is 0 Å². The maximum atomic E-state index is 12.5.